The van der Waals surface area contributed by atoms with Crippen LogP contribution in [-0.4, -0.2) is 34.9 Å². The Bertz CT molecular complexity index is 1040. The minimum atomic E-state index is -0.136. The Kier molecular flexibility index (Phi) is 8.18. The van der Waals surface area contributed by atoms with Gasteiger partial charge in [-0.1, -0.05) is 53.8 Å². The van der Waals surface area contributed by atoms with Crippen molar-refractivity contribution in [2.24, 2.45) is 0 Å². The zero-order valence-electron chi connectivity index (χ0n) is 17.5. The number of hydrogen-bond acceptors (Lipinski definition) is 5. The molecule has 7 heteroatoms. The monoisotopic (exact) mass is 473 g/mol. The largest absolute Gasteiger partial charge is 0.493 e. The fourth-order valence-electron chi connectivity index (χ4n) is 3.00. The Labute approximate surface area is 197 Å². The molecule has 1 aliphatic heterocycles. The minimum Gasteiger partial charge on any atom is -0.493 e. The normalized spacial score (nSPS) is 14.9. The van der Waals surface area contributed by atoms with E-state index in [0.717, 1.165) is 23.3 Å². The van der Waals surface area contributed by atoms with Gasteiger partial charge in [-0.3, -0.25) is 9.69 Å². The molecule has 2 aromatic carbocycles. The van der Waals surface area contributed by atoms with Gasteiger partial charge in [0, 0.05) is 23.6 Å². The summed E-state index contributed by atoms with van der Waals surface area (Å²) < 4.78 is 12.4. The number of rotatable bonds is 9. The highest BCUT2D eigenvalue weighted by Crippen LogP contribution is 2.35. The predicted molar refractivity (Wildman–Crippen MR) is 133 cm³/mol. The number of carbonyl (C=O) groups excluding carboxylic acids is 1. The zero-order chi connectivity index (χ0) is 22.4. The van der Waals surface area contributed by atoms with E-state index in [2.05, 4.69) is 26.5 Å². The lowest BCUT2D eigenvalue weighted by atomic mass is 10.1. The molecule has 0 radical (unpaired) electrons. The first-order chi connectivity index (χ1) is 14.9. The van der Waals surface area contributed by atoms with Gasteiger partial charge >= 0.3 is 0 Å². The van der Waals surface area contributed by atoms with Crippen LogP contribution in [-0.2, 0) is 4.79 Å². The molecule has 1 amide bonds. The van der Waals surface area contributed by atoms with Crippen LogP contribution in [0, 0.1) is 13.8 Å². The summed E-state index contributed by atoms with van der Waals surface area (Å²) in [7, 11) is 0. The van der Waals surface area contributed by atoms with Gasteiger partial charge in [-0.05, 0) is 55.3 Å². The molecule has 31 heavy (non-hydrogen) atoms. The highest BCUT2D eigenvalue weighted by molar-refractivity contribution is 8.26. The predicted octanol–water partition coefficient (Wildman–Crippen LogP) is 6.19. The molecule has 0 spiro atoms. The molecule has 162 valence electrons. The minimum absolute atomic E-state index is 0.136. The number of thiocarbonyl (C=S) groups is 1. The summed E-state index contributed by atoms with van der Waals surface area (Å²) in [6, 6.07) is 11.4. The molecule has 3 rings (SSSR count). The second kappa shape index (κ2) is 10.8. The Morgan fingerprint density at radius 2 is 1.90 bits per heavy atom. The fraction of sp³-hybridized carbons (Fsp3) is 0.250. The average molecular weight is 474 g/mol. The molecule has 0 aromatic heterocycles. The van der Waals surface area contributed by atoms with E-state index >= 15 is 0 Å². The number of halogens is 1. The number of thioether (sulfide) groups is 1. The molecule has 0 unspecified atom stereocenters. The zero-order valence-corrected chi connectivity index (χ0v) is 19.9. The van der Waals surface area contributed by atoms with Crippen LogP contribution < -0.4 is 9.47 Å². The Balaban J connectivity index is 1.63. The Morgan fingerprint density at radius 3 is 2.65 bits per heavy atom. The number of ether oxygens (including phenoxy) is 2. The van der Waals surface area contributed by atoms with Crippen molar-refractivity contribution in [3.8, 4) is 11.5 Å². The van der Waals surface area contributed by atoms with Crippen molar-refractivity contribution in [3.63, 3.8) is 0 Å². The van der Waals surface area contributed by atoms with Crippen LogP contribution in [0.3, 0.4) is 0 Å². The van der Waals surface area contributed by atoms with Gasteiger partial charge in [0.15, 0.2) is 0 Å². The van der Waals surface area contributed by atoms with Gasteiger partial charge in [-0.15, -0.1) is 6.58 Å². The van der Waals surface area contributed by atoms with Crippen LogP contribution in [0.5, 0.6) is 11.5 Å². The maximum absolute atomic E-state index is 12.6. The molecule has 1 aliphatic rings. The van der Waals surface area contributed by atoms with Gasteiger partial charge in [0.2, 0.25) is 0 Å². The van der Waals surface area contributed by atoms with E-state index in [1.165, 1.54) is 22.2 Å². The molecule has 4 nitrogen and oxygen atoms in total. The van der Waals surface area contributed by atoms with Gasteiger partial charge in [0.05, 0.1) is 18.1 Å². The lowest BCUT2D eigenvalue weighted by Crippen LogP contribution is -2.27. The van der Waals surface area contributed by atoms with E-state index in [1.807, 2.05) is 18.2 Å². The molecule has 0 aliphatic carbocycles. The SMILES string of the molecule is C=CCN1C(=O)C(=Cc2cc(Cl)ccc2OCCCOc2cccc(C)c2C)SC1=S. The molecule has 0 bridgehead atoms. The first-order valence-electron chi connectivity index (χ1n) is 9.88. The number of carbonyl (C=O) groups is 1. The number of amides is 1. The van der Waals surface area contributed by atoms with Crippen molar-refractivity contribution in [1.82, 2.24) is 4.90 Å². The maximum atomic E-state index is 12.6. The van der Waals surface area contributed by atoms with E-state index in [1.54, 1.807) is 24.3 Å². The van der Waals surface area contributed by atoms with Crippen molar-refractivity contribution in [3.05, 3.63) is 75.7 Å². The number of nitrogens with zero attached hydrogens (tertiary/aromatic N) is 1. The van der Waals surface area contributed by atoms with Crippen molar-refractivity contribution in [1.29, 1.82) is 0 Å². The first-order valence-corrected chi connectivity index (χ1v) is 11.5. The lowest BCUT2D eigenvalue weighted by molar-refractivity contribution is -0.121. The molecule has 1 fully saturated rings. The smallest absolute Gasteiger partial charge is 0.266 e. The van der Waals surface area contributed by atoms with Gasteiger partial charge in [0.25, 0.3) is 5.91 Å². The third-order valence-electron chi connectivity index (χ3n) is 4.80. The molecule has 1 saturated heterocycles. The quantitative estimate of drug-likeness (QED) is 0.188. The van der Waals surface area contributed by atoms with Crippen LogP contribution in [0.1, 0.15) is 23.1 Å². The van der Waals surface area contributed by atoms with Crippen molar-refractivity contribution < 1.29 is 14.3 Å². The van der Waals surface area contributed by atoms with Crippen molar-refractivity contribution in [2.75, 3.05) is 19.8 Å². The molecule has 2 aromatic rings. The van der Waals surface area contributed by atoms with Gasteiger partial charge < -0.3 is 9.47 Å². The van der Waals surface area contributed by atoms with Crippen LogP contribution in [0.2, 0.25) is 5.02 Å². The average Bonchev–Trinajstić information content (AvgIpc) is 3.00. The van der Waals surface area contributed by atoms with Crippen LogP contribution in [0.15, 0.2) is 54.0 Å². The number of aryl methyl sites for hydroxylation is 1. The second-order valence-corrected chi connectivity index (χ2v) is 9.12. The topological polar surface area (TPSA) is 38.8 Å². The Hall–Kier alpha value is -2.28. The summed E-state index contributed by atoms with van der Waals surface area (Å²) in [5, 5.41) is 0.568. The van der Waals surface area contributed by atoms with Crippen LogP contribution >= 0.6 is 35.6 Å². The first kappa shape index (κ1) is 23.4. The molecular formula is C24H24ClNO3S2. The van der Waals surface area contributed by atoms with E-state index in [-0.39, 0.29) is 5.91 Å². The summed E-state index contributed by atoms with van der Waals surface area (Å²) in [5.41, 5.74) is 3.09. The van der Waals surface area contributed by atoms with Gasteiger partial charge in [0.1, 0.15) is 15.8 Å². The second-order valence-electron chi connectivity index (χ2n) is 7.01. The van der Waals surface area contributed by atoms with Crippen LogP contribution in [0.25, 0.3) is 6.08 Å². The molecular weight excluding hydrogens is 450 g/mol. The highest BCUT2D eigenvalue weighted by atomic mass is 35.5. The summed E-state index contributed by atoms with van der Waals surface area (Å²) in [6.07, 6.45) is 4.15. The van der Waals surface area contributed by atoms with Crippen molar-refractivity contribution >= 4 is 51.9 Å². The van der Waals surface area contributed by atoms with E-state index < -0.39 is 0 Å². The van der Waals surface area contributed by atoms with Gasteiger partial charge in [-0.2, -0.15) is 0 Å². The summed E-state index contributed by atoms with van der Waals surface area (Å²) in [6.45, 7) is 9.21. The number of hydrogen-bond donors (Lipinski definition) is 0. The van der Waals surface area contributed by atoms with E-state index in [9.17, 15) is 4.79 Å². The molecule has 1 heterocycles. The van der Waals surface area contributed by atoms with E-state index in [0.29, 0.717) is 39.8 Å². The van der Waals surface area contributed by atoms with Gasteiger partial charge in [-0.25, -0.2) is 0 Å². The molecule has 0 saturated carbocycles. The number of benzene rings is 2. The summed E-state index contributed by atoms with van der Waals surface area (Å²) in [4.78, 5) is 14.7. The van der Waals surface area contributed by atoms with E-state index in [4.69, 9.17) is 33.3 Å². The van der Waals surface area contributed by atoms with Crippen molar-refractivity contribution in [2.45, 2.75) is 20.3 Å². The maximum Gasteiger partial charge on any atom is 0.266 e. The van der Waals surface area contributed by atoms with Crippen LogP contribution in [0.4, 0.5) is 0 Å². The summed E-state index contributed by atoms with van der Waals surface area (Å²) >= 11 is 12.7. The third kappa shape index (κ3) is 5.91. The third-order valence-corrected chi connectivity index (χ3v) is 6.42. The Morgan fingerprint density at radius 1 is 1.16 bits per heavy atom. The highest BCUT2D eigenvalue weighted by Gasteiger charge is 2.31. The lowest BCUT2D eigenvalue weighted by Gasteiger charge is -2.13. The summed E-state index contributed by atoms with van der Waals surface area (Å²) in [5.74, 6) is 1.42. The standard InChI is InChI=1S/C24H24ClNO3S2/c1-4-11-26-23(27)22(31-24(26)30)15-18-14-19(25)9-10-21(18)29-13-6-12-28-20-8-5-7-16(2)17(20)3/h4-5,7-10,14-15H,1,6,11-13H2,2-3H3. The molecule has 0 N–H and O–H groups in total. The fourth-order valence-corrected chi connectivity index (χ4v) is 4.44. The molecule has 0 atom stereocenters.